The van der Waals surface area contributed by atoms with Gasteiger partial charge in [0.1, 0.15) is 6.04 Å². The second kappa shape index (κ2) is 6.72. The van der Waals surface area contributed by atoms with Crippen molar-refractivity contribution in [2.75, 3.05) is 20.2 Å². The van der Waals surface area contributed by atoms with E-state index in [-0.39, 0.29) is 5.91 Å². The molecular formula is C16H22N2O3. The molecule has 0 aliphatic carbocycles. The summed E-state index contributed by atoms with van der Waals surface area (Å²) >= 11 is 0. The lowest BCUT2D eigenvalue weighted by molar-refractivity contribution is -0.145. The fraction of sp³-hybridized carbons (Fsp3) is 0.500. The van der Waals surface area contributed by atoms with E-state index in [0.717, 1.165) is 31.5 Å². The molecule has 1 saturated heterocycles. The second-order valence-electron chi connectivity index (χ2n) is 5.42. The van der Waals surface area contributed by atoms with E-state index in [1.54, 1.807) is 6.92 Å². The summed E-state index contributed by atoms with van der Waals surface area (Å²) in [5.41, 5.74) is 0.426. The highest BCUT2D eigenvalue weighted by Gasteiger charge is 2.41. The van der Waals surface area contributed by atoms with E-state index in [1.807, 2.05) is 30.3 Å². The first kappa shape index (κ1) is 15.5. The number of carbonyl (C=O) groups is 2. The summed E-state index contributed by atoms with van der Waals surface area (Å²) in [5.74, 6) is -0.534. The molecule has 0 bridgehead atoms. The van der Waals surface area contributed by atoms with E-state index in [2.05, 4.69) is 15.4 Å². The third-order valence-corrected chi connectivity index (χ3v) is 4.12. The monoisotopic (exact) mass is 290 g/mol. The van der Waals surface area contributed by atoms with Crippen LogP contribution in [0.25, 0.3) is 0 Å². The normalized spacial score (nSPS) is 18.6. The number of methoxy groups -OCH3 is 1. The van der Waals surface area contributed by atoms with Crippen molar-refractivity contribution in [1.82, 2.24) is 10.6 Å². The molecule has 1 atom stereocenters. The van der Waals surface area contributed by atoms with Gasteiger partial charge in [0.15, 0.2) is 0 Å². The number of carbonyl (C=O) groups excluding carboxylic acids is 2. The average molecular weight is 290 g/mol. The first-order valence-corrected chi connectivity index (χ1v) is 7.25. The molecule has 1 amide bonds. The van der Waals surface area contributed by atoms with Gasteiger partial charge < -0.3 is 15.4 Å². The summed E-state index contributed by atoms with van der Waals surface area (Å²) in [6.45, 7) is 3.22. The minimum atomic E-state index is -0.641. The van der Waals surface area contributed by atoms with Crippen LogP contribution in [0.2, 0.25) is 0 Å². The van der Waals surface area contributed by atoms with Crippen LogP contribution in [0.5, 0.6) is 0 Å². The summed E-state index contributed by atoms with van der Waals surface area (Å²) in [5, 5.41) is 6.08. The van der Waals surface area contributed by atoms with Gasteiger partial charge in [-0.1, -0.05) is 30.3 Å². The summed E-state index contributed by atoms with van der Waals surface area (Å²) in [6.07, 6.45) is 1.44. The van der Waals surface area contributed by atoms with Gasteiger partial charge in [-0.05, 0) is 38.4 Å². The van der Waals surface area contributed by atoms with Crippen LogP contribution in [0.1, 0.15) is 25.3 Å². The molecule has 5 heteroatoms. The highest BCUT2D eigenvalue weighted by atomic mass is 16.5. The van der Waals surface area contributed by atoms with E-state index >= 15 is 0 Å². The molecule has 114 valence electrons. The standard InChI is InChI=1S/C16H22N2O3/c1-12(14(19)21-2)18-15(20)16(8-10-17-11-9-16)13-6-4-3-5-7-13/h3-7,12,17H,8-11H2,1-2H3,(H,18,20)/t12-/m0/s1. The van der Waals surface area contributed by atoms with Crippen LogP contribution in [0.3, 0.4) is 0 Å². The van der Waals surface area contributed by atoms with Crippen LogP contribution in [0.4, 0.5) is 0 Å². The zero-order valence-corrected chi connectivity index (χ0v) is 12.5. The first-order chi connectivity index (χ1) is 10.1. The Labute approximate surface area is 125 Å². The van der Waals surface area contributed by atoms with E-state index in [9.17, 15) is 9.59 Å². The molecule has 1 aromatic rings. The van der Waals surface area contributed by atoms with Crippen molar-refractivity contribution in [3.05, 3.63) is 35.9 Å². The van der Waals surface area contributed by atoms with Gasteiger partial charge in [0, 0.05) is 0 Å². The molecule has 0 aromatic heterocycles. The van der Waals surface area contributed by atoms with Crippen molar-refractivity contribution < 1.29 is 14.3 Å². The van der Waals surface area contributed by atoms with Crippen molar-refractivity contribution >= 4 is 11.9 Å². The predicted molar refractivity (Wildman–Crippen MR) is 79.8 cm³/mol. The maximum absolute atomic E-state index is 12.8. The number of rotatable bonds is 4. The maximum atomic E-state index is 12.8. The summed E-state index contributed by atoms with van der Waals surface area (Å²) < 4.78 is 4.67. The van der Waals surface area contributed by atoms with Crippen LogP contribution >= 0.6 is 0 Å². The van der Waals surface area contributed by atoms with Crippen LogP contribution in [0.15, 0.2) is 30.3 Å². The zero-order chi connectivity index (χ0) is 15.3. The Balaban J connectivity index is 2.24. The third-order valence-electron chi connectivity index (χ3n) is 4.12. The van der Waals surface area contributed by atoms with Crippen LogP contribution in [-0.2, 0) is 19.7 Å². The Morgan fingerprint density at radius 3 is 2.43 bits per heavy atom. The molecule has 2 rings (SSSR count). The van der Waals surface area contributed by atoms with Gasteiger partial charge in [-0.2, -0.15) is 0 Å². The SMILES string of the molecule is COC(=O)[C@H](C)NC(=O)C1(c2ccccc2)CCNCC1. The minimum absolute atomic E-state index is 0.104. The molecule has 1 fully saturated rings. The molecule has 0 unspecified atom stereocenters. The van der Waals surface area contributed by atoms with Gasteiger partial charge >= 0.3 is 5.97 Å². The molecule has 2 N–H and O–H groups in total. The maximum Gasteiger partial charge on any atom is 0.328 e. The lowest BCUT2D eigenvalue weighted by Crippen LogP contribution is -2.54. The molecule has 5 nitrogen and oxygen atoms in total. The van der Waals surface area contributed by atoms with Gasteiger partial charge in [0.2, 0.25) is 5.91 Å². The number of piperidine rings is 1. The molecule has 1 heterocycles. The number of esters is 1. The molecule has 1 aliphatic rings. The number of hydrogen-bond acceptors (Lipinski definition) is 4. The quantitative estimate of drug-likeness (QED) is 0.811. The number of benzene rings is 1. The Hall–Kier alpha value is -1.88. The van der Waals surface area contributed by atoms with Gasteiger partial charge in [0.05, 0.1) is 12.5 Å². The smallest absolute Gasteiger partial charge is 0.328 e. The summed E-state index contributed by atoms with van der Waals surface area (Å²) in [6, 6.07) is 9.14. The molecule has 1 aliphatic heterocycles. The number of hydrogen-bond donors (Lipinski definition) is 2. The van der Waals surface area contributed by atoms with Crippen molar-refractivity contribution in [3.8, 4) is 0 Å². The molecule has 21 heavy (non-hydrogen) atoms. The number of nitrogens with one attached hydrogen (secondary N) is 2. The molecule has 0 radical (unpaired) electrons. The van der Waals surface area contributed by atoms with E-state index in [0.29, 0.717) is 0 Å². The van der Waals surface area contributed by atoms with Crippen LogP contribution < -0.4 is 10.6 Å². The third kappa shape index (κ3) is 3.24. The molecule has 0 saturated carbocycles. The van der Waals surface area contributed by atoms with Gasteiger partial charge in [-0.3, -0.25) is 4.79 Å². The lowest BCUT2D eigenvalue weighted by Gasteiger charge is -2.37. The lowest BCUT2D eigenvalue weighted by atomic mass is 9.72. The summed E-state index contributed by atoms with van der Waals surface area (Å²) in [7, 11) is 1.32. The van der Waals surface area contributed by atoms with Crippen molar-refractivity contribution in [2.24, 2.45) is 0 Å². The highest BCUT2D eigenvalue weighted by molar-refractivity contribution is 5.91. The van der Waals surface area contributed by atoms with E-state index in [4.69, 9.17) is 0 Å². The Bertz CT molecular complexity index is 496. The van der Waals surface area contributed by atoms with Gasteiger partial charge in [0.25, 0.3) is 0 Å². The van der Waals surface area contributed by atoms with Gasteiger partial charge in [-0.25, -0.2) is 4.79 Å². The van der Waals surface area contributed by atoms with Crippen molar-refractivity contribution in [3.63, 3.8) is 0 Å². The zero-order valence-electron chi connectivity index (χ0n) is 12.5. The highest BCUT2D eigenvalue weighted by Crippen LogP contribution is 2.33. The van der Waals surface area contributed by atoms with Crippen LogP contribution in [0, 0.1) is 0 Å². The number of amides is 1. The average Bonchev–Trinajstić information content (AvgIpc) is 2.55. The topological polar surface area (TPSA) is 67.4 Å². The van der Waals surface area contributed by atoms with Crippen molar-refractivity contribution in [2.45, 2.75) is 31.2 Å². The summed E-state index contributed by atoms with van der Waals surface area (Å²) in [4.78, 5) is 24.3. The Morgan fingerprint density at radius 2 is 1.86 bits per heavy atom. The first-order valence-electron chi connectivity index (χ1n) is 7.25. The Kier molecular flexibility index (Phi) is 4.96. The second-order valence-corrected chi connectivity index (χ2v) is 5.42. The van der Waals surface area contributed by atoms with E-state index in [1.165, 1.54) is 7.11 Å². The minimum Gasteiger partial charge on any atom is -0.467 e. The van der Waals surface area contributed by atoms with Crippen molar-refractivity contribution in [1.29, 1.82) is 0 Å². The molecular weight excluding hydrogens is 268 g/mol. The largest absolute Gasteiger partial charge is 0.467 e. The van der Waals surface area contributed by atoms with E-state index < -0.39 is 17.4 Å². The Morgan fingerprint density at radius 1 is 1.24 bits per heavy atom. The number of ether oxygens (including phenoxy) is 1. The molecule has 0 spiro atoms. The predicted octanol–water partition coefficient (Wildman–Crippen LogP) is 0.985. The van der Waals surface area contributed by atoms with Crippen LogP contribution in [-0.4, -0.2) is 38.1 Å². The molecule has 1 aromatic carbocycles. The fourth-order valence-electron chi connectivity index (χ4n) is 2.83. The van der Waals surface area contributed by atoms with Gasteiger partial charge in [-0.15, -0.1) is 0 Å². The fourth-order valence-corrected chi connectivity index (χ4v) is 2.83.